The number of rotatable bonds is 8. The van der Waals surface area contributed by atoms with Crippen molar-refractivity contribution < 1.29 is 23.7 Å². The normalized spacial score (nSPS) is 16.2. The molecule has 176 valence electrons. The number of aliphatic imine (C=N–C) groups is 1. The highest BCUT2D eigenvalue weighted by Crippen LogP contribution is 2.38. The molecule has 0 spiro atoms. The molecule has 11 heteroatoms. The highest BCUT2D eigenvalue weighted by molar-refractivity contribution is 9.10. The first-order chi connectivity index (χ1) is 16.4. The van der Waals surface area contributed by atoms with Gasteiger partial charge in [0.25, 0.3) is 5.91 Å². The number of hydrazone groups is 1. The lowest BCUT2D eigenvalue weighted by atomic mass is 10.1. The molecule has 0 fully saturated rings. The maximum absolute atomic E-state index is 12.5. The van der Waals surface area contributed by atoms with Gasteiger partial charge in [-0.3, -0.25) is 10.2 Å². The molecule has 0 aliphatic carbocycles. The Labute approximate surface area is 209 Å². The molecule has 0 saturated carbocycles. The third-order valence-electron chi connectivity index (χ3n) is 4.78. The van der Waals surface area contributed by atoms with Gasteiger partial charge in [-0.05, 0) is 82.7 Å². The molecular formula is C23H21BrN4O5S. The number of amides is 1. The van der Waals surface area contributed by atoms with E-state index in [-0.39, 0.29) is 18.0 Å². The second-order valence-electron chi connectivity index (χ2n) is 7.05. The number of ether oxygens (including phenoxy) is 4. The minimum absolute atomic E-state index is 0.0227. The summed E-state index contributed by atoms with van der Waals surface area (Å²) in [6.07, 6.45) is 1.59. The van der Waals surface area contributed by atoms with Crippen LogP contribution in [0.5, 0.6) is 23.0 Å². The van der Waals surface area contributed by atoms with Crippen LogP contribution in [0, 0.1) is 5.41 Å². The van der Waals surface area contributed by atoms with Gasteiger partial charge >= 0.3 is 0 Å². The van der Waals surface area contributed by atoms with Crippen LogP contribution in [0.3, 0.4) is 0 Å². The Morgan fingerprint density at radius 3 is 2.50 bits per heavy atom. The number of halogens is 1. The predicted molar refractivity (Wildman–Crippen MR) is 135 cm³/mol. The Morgan fingerprint density at radius 2 is 1.79 bits per heavy atom. The standard InChI is InChI=1S/C23H21BrN4O5S/c1-13-27-28-21(25)17(22(29)26-23(28)34-13)10-14-11-18(24)20(19(12-14)31-3)33-9-8-32-16-6-4-15(30-2)5-7-16/h4-7,10-12,25H,8-9H2,1-3H3. The van der Waals surface area contributed by atoms with Crippen LogP contribution in [0.1, 0.15) is 12.5 Å². The molecule has 2 aliphatic rings. The van der Waals surface area contributed by atoms with Gasteiger partial charge in [0.05, 0.1) is 29.3 Å². The number of methoxy groups -OCH3 is 2. The van der Waals surface area contributed by atoms with E-state index in [1.165, 1.54) is 23.9 Å². The predicted octanol–water partition coefficient (Wildman–Crippen LogP) is 4.56. The molecule has 2 aliphatic heterocycles. The minimum Gasteiger partial charge on any atom is -0.497 e. The number of nitrogens with one attached hydrogen (secondary N) is 1. The highest BCUT2D eigenvalue weighted by Gasteiger charge is 2.34. The highest BCUT2D eigenvalue weighted by atomic mass is 79.9. The van der Waals surface area contributed by atoms with Crippen molar-refractivity contribution in [1.29, 1.82) is 5.41 Å². The molecule has 1 N–H and O–H groups in total. The number of hydrogen-bond donors (Lipinski definition) is 1. The van der Waals surface area contributed by atoms with Gasteiger partial charge in [0.2, 0.25) is 5.17 Å². The number of amidine groups is 2. The van der Waals surface area contributed by atoms with Crippen LogP contribution >= 0.6 is 27.7 Å². The number of benzene rings is 2. The SMILES string of the molecule is COc1ccc(OCCOc2c(Br)cc(C=C3C(=N)N4N=C(C)SC4=NC3=O)cc2OC)cc1. The van der Waals surface area contributed by atoms with Gasteiger partial charge < -0.3 is 18.9 Å². The molecular weight excluding hydrogens is 524 g/mol. The first-order valence-corrected chi connectivity index (χ1v) is 11.7. The van der Waals surface area contributed by atoms with Gasteiger partial charge in [-0.2, -0.15) is 15.1 Å². The monoisotopic (exact) mass is 544 g/mol. The Morgan fingerprint density at radius 1 is 1.09 bits per heavy atom. The Hall–Kier alpha value is -3.31. The van der Waals surface area contributed by atoms with Crippen molar-refractivity contribution in [3.05, 3.63) is 52.0 Å². The molecule has 0 bridgehead atoms. The van der Waals surface area contributed by atoms with Crippen LogP contribution in [0.4, 0.5) is 0 Å². The molecule has 0 unspecified atom stereocenters. The zero-order valence-corrected chi connectivity index (χ0v) is 21.0. The summed E-state index contributed by atoms with van der Waals surface area (Å²) in [6.45, 7) is 2.41. The molecule has 4 rings (SSSR count). The van der Waals surface area contributed by atoms with E-state index in [9.17, 15) is 4.79 Å². The Kier molecular flexibility index (Phi) is 7.23. The number of hydrogen-bond acceptors (Lipinski definition) is 8. The Bertz CT molecular complexity index is 1230. The number of carbonyl (C=O) groups excluding carboxylic acids is 1. The fraction of sp³-hybridized carbons (Fsp3) is 0.217. The molecule has 0 radical (unpaired) electrons. The van der Waals surface area contributed by atoms with Crippen molar-refractivity contribution >= 4 is 55.7 Å². The van der Waals surface area contributed by atoms with Gasteiger partial charge in [-0.15, -0.1) is 0 Å². The number of thioether (sulfide) groups is 1. The first-order valence-electron chi connectivity index (χ1n) is 10.1. The van der Waals surface area contributed by atoms with Crippen LogP contribution < -0.4 is 18.9 Å². The lowest BCUT2D eigenvalue weighted by molar-refractivity contribution is -0.114. The molecule has 2 heterocycles. The van der Waals surface area contributed by atoms with E-state index in [1.54, 1.807) is 32.2 Å². The van der Waals surface area contributed by atoms with Crippen molar-refractivity contribution in [1.82, 2.24) is 5.01 Å². The maximum Gasteiger partial charge on any atom is 0.283 e. The largest absolute Gasteiger partial charge is 0.497 e. The van der Waals surface area contributed by atoms with Crippen LogP contribution in [-0.4, -0.2) is 54.4 Å². The van der Waals surface area contributed by atoms with Crippen LogP contribution in [-0.2, 0) is 4.79 Å². The smallest absolute Gasteiger partial charge is 0.283 e. The first kappa shape index (κ1) is 23.8. The van der Waals surface area contributed by atoms with Crippen LogP contribution in [0.15, 0.2) is 56.5 Å². The summed E-state index contributed by atoms with van der Waals surface area (Å²) >= 11 is 4.77. The molecule has 2 aromatic carbocycles. The van der Waals surface area contributed by atoms with Gasteiger partial charge in [-0.1, -0.05) is 0 Å². The third-order valence-corrected chi connectivity index (χ3v) is 6.19. The molecule has 0 atom stereocenters. The topological polar surface area (TPSA) is 106 Å². The second-order valence-corrected chi connectivity index (χ2v) is 9.06. The van der Waals surface area contributed by atoms with Crippen molar-refractivity contribution in [2.75, 3.05) is 27.4 Å². The van der Waals surface area contributed by atoms with Gasteiger partial charge in [0.15, 0.2) is 17.3 Å². The fourth-order valence-corrected chi connectivity index (χ4v) is 4.50. The van der Waals surface area contributed by atoms with Crippen molar-refractivity contribution in [2.45, 2.75) is 6.92 Å². The van der Waals surface area contributed by atoms with E-state index in [1.807, 2.05) is 24.3 Å². The number of carbonyl (C=O) groups is 1. The van der Waals surface area contributed by atoms with Crippen LogP contribution in [0.2, 0.25) is 0 Å². The summed E-state index contributed by atoms with van der Waals surface area (Å²) in [4.78, 5) is 16.6. The minimum atomic E-state index is -0.486. The van der Waals surface area contributed by atoms with Gasteiger partial charge in [0, 0.05) is 0 Å². The Balaban J connectivity index is 1.46. The quantitative estimate of drug-likeness (QED) is 0.383. The van der Waals surface area contributed by atoms with E-state index in [0.29, 0.717) is 39.1 Å². The molecule has 1 amide bonds. The summed E-state index contributed by atoms with van der Waals surface area (Å²) in [5.74, 6) is 1.93. The van der Waals surface area contributed by atoms with E-state index < -0.39 is 5.91 Å². The van der Waals surface area contributed by atoms with Gasteiger partial charge in [0.1, 0.15) is 24.7 Å². The molecule has 0 aromatic heterocycles. The van der Waals surface area contributed by atoms with E-state index in [0.717, 1.165) is 10.8 Å². The summed E-state index contributed by atoms with van der Waals surface area (Å²) in [6, 6.07) is 10.8. The molecule has 0 saturated heterocycles. The van der Waals surface area contributed by atoms with E-state index >= 15 is 0 Å². The lowest BCUT2D eigenvalue weighted by Crippen LogP contribution is -2.35. The summed E-state index contributed by atoms with van der Waals surface area (Å²) in [7, 11) is 3.14. The second kappa shape index (κ2) is 10.3. The molecule has 2 aromatic rings. The fourth-order valence-electron chi connectivity index (χ4n) is 3.19. The van der Waals surface area contributed by atoms with E-state index in [4.69, 9.17) is 24.4 Å². The maximum atomic E-state index is 12.5. The molecule has 9 nitrogen and oxygen atoms in total. The van der Waals surface area contributed by atoms with E-state index in [2.05, 4.69) is 26.0 Å². The zero-order valence-electron chi connectivity index (χ0n) is 18.6. The van der Waals surface area contributed by atoms with Crippen molar-refractivity contribution in [3.63, 3.8) is 0 Å². The van der Waals surface area contributed by atoms with Crippen molar-refractivity contribution in [2.24, 2.45) is 10.1 Å². The zero-order chi connectivity index (χ0) is 24.2. The number of nitrogens with zero attached hydrogens (tertiary/aromatic N) is 3. The average Bonchev–Trinajstić information content (AvgIpc) is 3.20. The van der Waals surface area contributed by atoms with Crippen molar-refractivity contribution in [3.8, 4) is 23.0 Å². The average molecular weight is 545 g/mol. The summed E-state index contributed by atoms with van der Waals surface area (Å²) < 4.78 is 22.8. The number of fused-ring (bicyclic) bond motifs is 1. The summed E-state index contributed by atoms with van der Waals surface area (Å²) in [5.41, 5.74) is 0.781. The third kappa shape index (κ3) is 5.10. The lowest BCUT2D eigenvalue weighted by Gasteiger charge is -2.20. The van der Waals surface area contributed by atoms with Crippen LogP contribution in [0.25, 0.3) is 6.08 Å². The molecule has 34 heavy (non-hydrogen) atoms. The van der Waals surface area contributed by atoms with Gasteiger partial charge in [-0.25, -0.2) is 0 Å². The summed E-state index contributed by atoms with van der Waals surface area (Å²) in [5, 5.41) is 15.1.